The maximum Gasteiger partial charge on any atom is 0.256 e. The number of carbonyl (C=O) groups excluding carboxylic acids is 1. The number of halogens is 1. The van der Waals surface area contributed by atoms with Crippen LogP contribution in [-0.2, 0) is 16.4 Å². The van der Waals surface area contributed by atoms with Crippen LogP contribution in [0, 0.1) is 6.92 Å². The Morgan fingerprint density at radius 2 is 1.96 bits per heavy atom. The average Bonchev–Trinajstić information content (AvgIpc) is 3.25. The molecule has 0 aliphatic carbocycles. The van der Waals surface area contributed by atoms with Gasteiger partial charge in [0.2, 0.25) is 0 Å². The summed E-state index contributed by atoms with van der Waals surface area (Å²) >= 11 is 5.84. The number of rotatable bonds is 4. The van der Waals surface area contributed by atoms with E-state index in [2.05, 4.69) is 20.8 Å². The number of benzene rings is 2. The minimum absolute atomic E-state index is 0.235. The SMILES string of the molecule is Cc1cccc(S(=O)(=O)C2NCc3c(NC(=O)c4ccc(Cl)cc4)n[nH]c32)c1. The van der Waals surface area contributed by atoms with Crippen LogP contribution >= 0.6 is 11.6 Å². The highest BCUT2D eigenvalue weighted by Crippen LogP contribution is 2.35. The molecule has 0 spiro atoms. The van der Waals surface area contributed by atoms with Gasteiger partial charge in [0.25, 0.3) is 5.91 Å². The Morgan fingerprint density at radius 1 is 1.21 bits per heavy atom. The molecule has 1 aromatic heterocycles. The minimum Gasteiger partial charge on any atom is -0.305 e. The summed E-state index contributed by atoms with van der Waals surface area (Å²) in [5, 5.41) is 12.2. The van der Waals surface area contributed by atoms with Crippen LogP contribution < -0.4 is 10.6 Å². The predicted octanol–water partition coefficient (Wildman–Crippen LogP) is 3.20. The van der Waals surface area contributed by atoms with Gasteiger partial charge in [-0.1, -0.05) is 23.7 Å². The number of aromatic amines is 1. The first-order valence-corrected chi connectivity index (χ1v) is 10.5. The van der Waals surface area contributed by atoms with Crippen molar-refractivity contribution in [2.75, 3.05) is 5.32 Å². The van der Waals surface area contributed by atoms with Gasteiger partial charge in [0, 0.05) is 22.7 Å². The molecule has 0 radical (unpaired) electrons. The van der Waals surface area contributed by atoms with Crippen LogP contribution in [0.1, 0.15) is 32.6 Å². The second-order valence-corrected chi connectivity index (χ2v) is 9.02. The topological polar surface area (TPSA) is 104 Å². The summed E-state index contributed by atoms with van der Waals surface area (Å²) in [5.74, 6) is -0.0413. The molecule has 7 nitrogen and oxygen atoms in total. The number of fused-ring (bicyclic) bond motifs is 1. The molecule has 0 fully saturated rings. The molecule has 144 valence electrons. The van der Waals surface area contributed by atoms with E-state index >= 15 is 0 Å². The van der Waals surface area contributed by atoms with Crippen LogP contribution in [0.3, 0.4) is 0 Å². The van der Waals surface area contributed by atoms with Gasteiger partial charge in [-0.3, -0.25) is 15.2 Å². The number of H-pyrrole nitrogens is 1. The second-order valence-electron chi connectivity index (χ2n) is 6.55. The van der Waals surface area contributed by atoms with Crippen LogP contribution in [0.5, 0.6) is 0 Å². The van der Waals surface area contributed by atoms with E-state index in [1.54, 1.807) is 42.5 Å². The summed E-state index contributed by atoms with van der Waals surface area (Å²) in [6.07, 6.45) is 0. The Labute approximate surface area is 167 Å². The van der Waals surface area contributed by atoms with Gasteiger partial charge in [-0.15, -0.1) is 0 Å². The molecule has 1 aliphatic rings. The smallest absolute Gasteiger partial charge is 0.256 e. The predicted molar refractivity (Wildman–Crippen MR) is 106 cm³/mol. The summed E-state index contributed by atoms with van der Waals surface area (Å²) in [5.41, 5.74) is 2.35. The highest BCUT2D eigenvalue weighted by atomic mass is 35.5. The normalized spacial score (nSPS) is 16.0. The van der Waals surface area contributed by atoms with Gasteiger partial charge < -0.3 is 5.32 Å². The van der Waals surface area contributed by atoms with Crippen molar-refractivity contribution in [3.8, 4) is 0 Å². The van der Waals surface area contributed by atoms with Crippen LogP contribution in [-0.4, -0.2) is 24.5 Å². The Bertz CT molecular complexity index is 1160. The summed E-state index contributed by atoms with van der Waals surface area (Å²) in [6.45, 7) is 2.12. The first-order chi connectivity index (χ1) is 13.4. The highest BCUT2D eigenvalue weighted by Gasteiger charge is 2.38. The van der Waals surface area contributed by atoms with Crippen molar-refractivity contribution >= 4 is 33.2 Å². The Morgan fingerprint density at radius 3 is 2.68 bits per heavy atom. The molecule has 2 heterocycles. The maximum atomic E-state index is 13.0. The number of hydrogen-bond donors (Lipinski definition) is 3. The Balaban J connectivity index is 1.60. The number of aromatic nitrogens is 2. The van der Waals surface area contributed by atoms with Crippen molar-refractivity contribution in [3.05, 3.63) is 75.9 Å². The van der Waals surface area contributed by atoms with Crippen molar-refractivity contribution < 1.29 is 13.2 Å². The molecule has 0 saturated carbocycles. The van der Waals surface area contributed by atoms with Crippen molar-refractivity contribution in [1.29, 1.82) is 0 Å². The van der Waals surface area contributed by atoms with E-state index in [4.69, 9.17) is 11.6 Å². The fourth-order valence-electron chi connectivity index (χ4n) is 3.15. The van der Waals surface area contributed by atoms with Crippen LogP contribution in [0.15, 0.2) is 53.4 Å². The van der Waals surface area contributed by atoms with E-state index in [-0.39, 0.29) is 17.3 Å². The highest BCUT2D eigenvalue weighted by molar-refractivity contribution is 7.91. The molecule has 3 N–H and O–H groups in total. The van der Waals surface area contributed by atoms with Crippen LogP contribution in [0.25, 0.3) is 0 Å². The lowest BCUT2D eigenvalue weighted by Gasteiger charge is -2.12. The second kappa shape index (κ2) is 7.05. The van der Waals surface area contributed by atoms with E-state index in [1.165, 1.54) is 0 Å². The van der Waals surface area contributed by atoms with Gasteiger partial charge >= 0.3 is 0 Å². The number of anilines is 1. The molecule has 1 aliphatic heterocycles. The van der Waals surface area contributed by atoms with Gasteiger partial charge in [0.1, 0.15) is 0 Å². The van der Waals surface area contributed by atoms with Crippen LogP contribution in [0.2, 0.25) is 5.02 Å². The average molecular weight is 417 g/mol. The molecule has 2 aromatic carbocycles. The van der Waals surface area contributed by atoms with Gasteiger partial charge in [-0.25, -0.2) is 8.42 Å². The molecule has 0 bridgehead atoms. The summed E-state index contributed by atoms with van der Waals surface area (Å²) < 4.78 is 26.0. The number of carbonyl (C=O) groups is 1. The lowest BCUT2D eigenvalue weighted by atomic mass is 10.2. The third kappa shape index (κ3) is 3.30. The van der Waals surface area contributed by atoms with Gasteiger partial charge in [-0.2, -0.15) is 5.10 Å². The minimum atomic E-state index is -3.66. The standard InChI is InChI=1S/C19H17ClN4O3S/c1-11-3-2-4-14(9-11)28(26,27)19-16-15(10-21-19)17(24-23-16)22-18(25)12-5-7-13(20)8-6-12/h2-9,19,21H,10H2,1H3,(H2,22,23,24,25). The summed E-state index contributed by atoms with van der Waals surface area (Å²) in [7, 11) is -3.66. The Kier molecular flexibility index (Phi) is 4.70. The maximum absolute atomic E-state index is 13.0. The van der Waals surface area contributed by atoms with Crippen molar-refractivity contribution in [1.82, 2.24) is 15.5 Å². The Hall–Kier alpha value is -2.68. The number of aryl methyl sites for hydroxylation is 1. The zero-order chi connectivity index (χ0) is 19.9. The molecular weight excluding hydrogens is 400 g/mol. The number of nitrogens with zero attached hydrogens (tertiary/aromatic N) is 1. The van der Waals surface area contributed by atoms with Gasteiger partial charge in [0.05, 0.1) is 10.6 Å². The fourth-order valence-corrected chi connectivity index (χ4v) is 4.97. The van der Waals surface area contributed by atoms with Crippen molar-refractivity contribution in [2.24, 2.45) is 0 Å². The number of amides is 1. The number of hydrogen-bond acceptors (Lipinski definition) is 5. The molecule has 28 heavy (non-hydrogen) atoms. The van der Waals surface area contributed by atoms with Gasteiger partial charge in [-0.05, 0) is 48.9 Å². The lowest BCUT2D eigenvalue weighted by Crippen LogP contribution is -2.23. The molecule has 0 saturated heterocycles. The first-order valence-electron chi connectivity index (χ1n) is 8.54. The molecule has 4 rings (SSSR count). The lowest BCUT2D eigenvalue weighted by molar-refractivity contribution is 0.102. The molecule has 1 amide bonds. The van der Waals surface area contributed by atoms with E-state index < -0.39 is 15.2 Å². The van der Waals surface area contributed by atoms with Crippen molar-refractivity contribution in [2.45, 2.75) is 23.7 Å². The quantitative estimate of drug-likeness (QED) is 0.605. The molecular formula is C19H17ClN4O3S. The number of sulfone groups is 1. The molecule has 3 aromatic rings. The van der Waals surface area contributed by atoms with E-state index in [0.717, 1.165) is 5.56 Å². The summed E-state index contributed by atoms with van der Waals surface area (Å²) in [4.78, 5) is 12.6. The molecule has 1 unspecified atom stereocenters. The van der Waals surface area contributed by atoms with Gasteiger partial charge in [0.15, 0.2) is 21.0 Å². The van der Waals surface area contributed by atoms with E-state index in [1.807, 2.05) is 13.0 Å². The largest absolute Gasteiger partial charge is 0.305 e. The first kappa shape index (κ1) is 18.7. The zero-order valence-electron chi connectivity index (χ0n) is 14.9. The number of nitrogens with one attached hydrogen (secondary N) is 3. The van der Waals surface area contributed by atoms with E-state index in [9.17, 15) is 13.2 Å². The van der Waals surface area contributed by atoms with Crippen LogP contribution in [0.4, 0.5) is 5.82 Å². The zero-order valence-corrected chi connectivity index (χ0v) is 16.4. The third-order valence-electron chi connectivity index (χ3n) is 4.59. The van der Waals surface area contributed by atoms with Crippen molar-refractivity contribution in [3.63, 3.8) is 0 Å². The molecule has 1 atom stereocenters. The summed E-state index contributed by atoms with van der Waals surface area (Å²) in [6, 6.07) is 13.2. The molecule has 9 heteroatoms. The van der Waals surface area contributed by atoms with E-state index in [0.29, 0.717) is 27.7 Å². The third-order valence-corrected chi connectivity index (χ3v) is 6.78. The monoisotopic (exact) mass is 416 g/mol. The fraction of sp³-hybridized carbons (Fsp3) is 0.158.